The van der Waals surface area contributed by atoms with Gasteiger partial charge in [-0.05, 0) is 12.1 Å². The van der Waals surface area contributed by atoms with Gasteiger partial charge in [-0.3, -0.25) is 0 Å². The molecule has 8 nitrogen and oxygen atoms in total. The van der Waals surface area contributed by atoms with Crippen LogP contribution in [0.4, 0.5) is 5.69 Å². The van der Waals surface area contributed by atoms with Gasteiger partial charge < -0.3 is 15.0 Å². The number of methoxy groups -OCH3 is 1. The van der Waals surface area contributed by atoms with Crippen molar-refractivity contribution in [2.45, 2.75) is 11.3 Å². The second-order valence-electron chi connectivity index (χ2n) is 3.90. The number of nitrogen functional groups attached to an aromatic ring is 1. The second-order valence-corrected chi connectivity index (χ2v) is 5.63. The zero-order chi connectivity index (χ0) is 14.6. The van der Waals surface area contributed by atoms with Gasteiger partial charge in [0.2, 0.25) is 16.4 Å². The number of nitrogens with two attached hydrogens (primary N) is 1. The lowest BCUT2D eigenvalue weighted by molar-refractivity contribution is 0.409. The summed E-state index contributed by atoms with van der Waals surface area (Å²) in [6, 6.07) is 4.38. The number of ether oxygens (including phenoxy) is 1. The topological polar surface area (TPSA) is 120 Å². The molecule has 2 aromatic rings. The summed E-state index contributed by atoms with van der Waals surface area (Å²) in [4.78, 5) is 3.80. The number of hydrogen-bond donors (Lipinski definition) is 2. The molecule has 2 rings (SSSR count). The Bertz CT molecular complexity index is 670. The van der Waals surface area contributed by atoms with Gasteiger partial charge >= 0.3 is 0 Å². The average molecular weight is 298 g/mol. The Morgan fingerprint density at radius 1 is 1.45 bits per heavy atom. The molecule has 0 spiro atoms. The van der Waals surface area contributed by atoms with Crippen LogP contribution >= 0.6 is 0 Å². The SMILES string of the molecule is COc1ccc(S(=O)(=O)NCCc2ncon2)c(N)c1. The van der Waals surface area contributed by atoms with Crippen LogP contribution in [0, 0.1) is 0 Å². The molecular formula is C11H14N4O4S. The van der Waals surface area contributed by atoms with Crippen molar-refractivity contribution < 1.29 is 17.7 Å². The first-order valence-corrected chi connectivity index (χ1v) is 7.19. The Morgan fingerprint density at radius 2 is 2.25 bits per heavy atom. The first-order chi connectivity index (χ1) is 9.53. The number of benzene rings is 1. The van der Waals surface area contributed by atoms with Gasteiger partial charge in [-0.15, -0.1) is 0 Å². The van der Waals surface area contributed by atoms with E-state index < -0.39 is 10.0 Å². The van der Waals surface area contributed by atoms with E-state index >= 15 is 0 Å². The third-order valence-corrected chi connectivity index (χ3v) is 4.09. The predicted octanol–water partition coefficient (Wildman–Crippen LogP) is 0.181. The van der Waals surface area contributed by atoms with Gasteiger partial charge in [0.05, 0.1) is 12.8 Å². The second kappa shape index (κ2) is 5.88. The first kappa shape index (κ1) is 14.3. The summed E-state index contributed by atoms with van der Waals surface area (Å²) in [6.45, 7) is 0.146. The molecule has 0 aliphatic rings. The normalized spacial score (nSPS) is 11.4. The standard InChI is InChI=1S/C11H14N4O4S/c1-18-8-2-3-10(9(12)6-8)20(16,17)14-5-4-11-13-7-19-15-11/h2-3,6-7,14H,4-5,12H2,1H3. The molecule has 9 heteroatoms. The minimum atomic E-state index is -3.69. The van der Waals surface area contributed by atoms with Gasteiger partial charge in [-0.1, -0.05) is 5.16 Å². The van der Waals surface area contributed by atoms with Crippen molar-refractivity contribution in [2.75, 3.05) is 19.4 Å². The molecule has 3 N–H and O–H groups in total. The fourth-order valence-electron chi connectivity index (χ4n) is 1.58. The van der Waals surface area contributed by atoms with Crippen molar-refractivity contribution in [2.24, 2.45) is 0 Å². The van der Waals surface area contributed by atoms with E-state index in [-0.39, 0.29) is 17.1 Å². The van der Waals surface area contributed by atoms with Crippen LogP contribution in [0.2, 0.25) is 0 Å². The maximum atomic E-state index is 12.1. The minimum Gasteiger partial charge on any atom is -0.497 e. The van der Waals surface area contributed by atoms with Crippen LogP contribution in [-0.4, -0.2) is 32.2 Å². The lowest BCUT2D eigenvalue weighted by Gasteiger charge is -2.09. The van der Waals surface area contributed by atoms with E-state index in [1.165, 1.54) is 31.7 Å². The Morgan fingerprint density at radius 3 is 2.85 bits per heavy atom. The number of aromatic nitrogens is 2. The number of nitrogens with one attached hydrogen (secondary N) is 1. The van der Waals surface area contributed by atoms with Gasteiger partial charge in [0.15, 0.2) is 5.82 Å². The maximum Gasteiger partial charge on any atom is 0.242 e. The van der Waals surface area contributed by atoms with E-state index in [1.807, 2.05) is 0 Å². The van der Waals surface area contributed by atoms with Gasteiger partial charge in [0.1, 0.15) is 10.6 Å². The smallest absolute Gasteiger partial charge is 0.242 e. The molecule has 20 heavy (non-hydrogen) atoms. The summed E-state index contributed by atoms with van der Waals surface area (Å²) in [6.07, 6.45) is 1.51. The van der Waals surface area contributed by atoms with Gasteiger partial charge in [-0.25, -0.2) is 13.1 Å². The van der Waals surface area contributed by atoms with Crippen LogP contribution in [0.1, 0.15) is 5.82 Å². The Hall–Kier alpha value is -2.13. The van der Waals surface area contributed by atoms with Crippen LogP contribution in [-0.2, 0) is 16.4 Å². The van der Waals surface area contributed by atoms with Crippen LogP contribution in [0.25, 0.3) is 0 Å². The summed E-state index contributed by atoms with van der Waals surface area (Å²) < 4.78 is 36.1. The molecule has 0 bridgehead atoms. The molecule has 1 heterocycles. The number of rotatable bonds is 6. The monoisotopic (exact) mass is 298 g/mol. The highest BCUT2D eigenvalue weighted by molar-refractivity contribution is 7.89. The Balaban J connectivity index is 2.06. The molecule has 0 saturated carbocycles. The summed E-state index contributed by atoms with van der Waals surface area (Å²) >= 11 is 0. The molecule has 0 saturated heterocycles. The third kappa shape index (κ3) is 3.25. The summed E-state index contributed by atoms with van der Waals surface area (Å²) in [5.41, 5.74) is 5.83. The van der Waals surface area contributed by atoms with Gasteiger partial charge in [-0.2, -0.15) is 4.98 Å². The van der Waals surface area contributed by atoms with Crippen molar-refractivity contribution in [1.82, 2.24) is 14.9 Å². The average Bonchev–Trinajstić information content (AvgIpc) is 2.91. The van der Waals surface area contributed by atoms with Crippen LogP contribution in [0.5, 0.6) is 5.75 Å². The van der Waals surface area contributed by atoms with Crippen LogP contribution < -0.4 is 15.2 Å². The van der Waals surface area contributed by atoms with Crippen LogP contribution in [0.15, 0.2) is 34.0 Å². The van der Waals surface area contributed by atoms with E-state index in [2.05, 4.69) is 19.4 Å². The summed E-state index contributed by atoms with van der Waals surface area (Å²) in [5, 5.41) is 3.59. The molecule has 0 aliphatic heterocycles. The zero-order valence-corrected chi connectivity index (χ0v) is 11.6. The minimum absolute atomic E-state index is 0.00594. The van der Waals surface area contributed by atoms with Gasteiger partial charge in [0.25, 0.3) is 0 Å². The quantitative estimate of drug-likeness (QED) is 0.730. The van der Waals surface area contributed by atoms with Crippen molar-refractivity contribution in [3.63, 3.8) is 0 Å². The van der Waals surface area contributed by atoms with Gasteiger partial charge in [0, 0.05) is 19.0 Å². The molecule has 1 aromatic carbocycles. The molecule has 108 valence electrons. The number of anilines is 1. The molecular weight excluding hydrogens is 284 g/mol. The van der Waals surface area contributed by atoms with E-state index in [0.717, 1.165) is 0 Å². The lowest BCUT2D eigenvalue weighted by Crippen LogP contribution is -2.27. The van der Waals surface area contributed by atoms with Crippen molar-refractivity contribution in [3.8, 4) is 5.75 Å². The van der Waals surface area contributed by atoms with E-state index in [4.69, 9.17) is 10.5 Å². The molecule has 0 aliphatic carbocycles. The summed E-state index contributed by atoms with van der Waals surface area (Å²) in [7, 11) is -2.21. The number of nitrogens with zero attached hydrogens (tertiary/aromatic N) is 2. The largest absolute Gasteiger partial charge is 0.497 e. The van der Waals surface area contributed by atoms with Crippen LogP contribution in [0.3, 0.4) is 0 Å². The molecule has 0 atom stereocenters. The van der Waals surface area contributed by atoms with E-state index in [1.54, 1.807) is 0 Å². The van der Waals surface area contributed by atoms with Crippen molar-refractivity contribution >= 4 is 15.7 Å². The molecule has 1 aromatic heterocycles. The summed E-state index contributed by atoms with van der Waals surface area (Å²) in [5.74, 6) is 0.920. The van der Waals surface area contributed by atoms with E-state index in [9.17, 15) is 8.42 Å². The lowest BCUT2D eigenvalue weighted by atomic mass is 10.3. The highest BCUT2D eigenvalue weighted by Crippen LogP contribution is 2.23. The fraction of sp³-hybridized carbons (Fsp3) is 0.273. The fourth-order valence-corrected chi connectivity index (χ4v) is 2.72. The Labute approximate surface area is 116 Å². The number of sulfonamides is 1. The predicted molar refractivity (Wildman–Crippen MR) is 70.6 cm³/mol. The Kier molecular flexibility index (Phi) is 4.20. The highest BCUT2D eigenvalue weighted by atomic mass is 32.2. The molecule has 0 radical (unpaired) electrons. The zero-order valence-electron chi connectivity index (χ0n) is 10.7. The van der Waals surface area contributed by atoms with Crippen molar-refractivity contribution in [3.05, 3.63) is 30.4 Å². The molecule has 0 fully saturated rings. The van der Waals surface area contributed by atoms with E-state index in [0.29, 0.717) is 18.0 Å². The third-order valence-electron chi connectivity index (χ3n) is 2.55. The first-order valence-electron chi connectivity index (χ1n) is 5.71. The van der Waals surface area contributed by atoms with Crippen molar-refractivity contribution in [1.29, 1.82) is 0 Å². The molecule has 0 unspecified atom stereocenters. The highest BCUT2D eigenvalue weighted by Gasteiger charge is 2.17. The molecule has 0 amide bonds. The number of hydrogen-bond acceptors (Lipinski definition) is 7. The maximum absolute atomic E-state index is 12.1.